The third-order valence-electron chi connectivity index (χ3n) is 4.54. The third-order valence-corrected chi connectivity index (χ3v) is 5.69. The first-order valence-corrected chi connectivity index (χ1v) is 8.31. The van der Waals surface area contributed by atoms with E-state index in [1.165, 1.54) is 11.1 Å². The van der Waals surface area contributed by atoms with Crippen molar-refractivity contribution >= 4 is 21.8 Å². The van der Waals surface area contributed by atoms with Crippen molar-refractivity contribution in [2.45, 2.75) is 39.3 Å². The van der Waals surface area contributed by atoms with Crippen LogP contribution in [0.4, 0.5) is 0 Å². The Morgan fingerprint density at radius 1 is 1.41 bits per heavy atom. The normalized spacial score (nSPS) is 16.6. The van der Waals surface area contributed by atoms with Crippen LogP contribution in [0.1, 0.15) is 35.0 Å². The number of carbonyl (C=O) groups excluding carboxylic acids is 1. The molecule has 22 heavy (non-hydrogen) atoms. The van der Waals surface area contributed by atoms with Gasteiger partial charge in [0.25, 0.3) is 0 Å². The van der Waals surface area contributed by atoms with Gasteiger partial charge in [-0.2, -0.15) is 5.10 Å². The fraction of sp³-hybridized carbons (Fsp3) is 0.412. The Balaban J connectivity index is 1.77. The number of rotatable bonds is 3. The Bertz CT molecular complexity index is 723. The molecule has 1 amide bonds. The van der Waals surface area contributed by atoms with Gasteiger partial charge in [0.2, 0.25) is 5.91 Å². The van der Waals surface area contributed by atoms with Gasteiger partial charge in [-0.3, -0.25) is 9.48 Å². The maximum atomic E-state index is 12.6. The Labute approximate surface area is 139 Å². The fourth-order valence-corrected chi connectivity index (χ4v) is 3.46. The molecule has 1 aromatic carbocycles. The van der Waals surface area contributed by atoms with E-state index in [1.807, 2.05) is 31.9 Å². The van der Waals surface area contributed by atoms with Crippen molar-refractivity contribution < 1.29 is 4.79 Å². The third kappa shape index (κ3) is 2.58. The first-order valence-electron chi connectivity index (χ1n) is 7.52. The molecule has 0 bridgehead atoms. The molecule has 0 radical (unpaired) electrons. The summed E-state index contributed by atoms with van der Waals surface area (Å²) in [4.78, 5) is 14.5. The van der Waals surface area contributed by atoms with Crippen LogP contribution in [0.5, 0.6) is 0 Å². The van der Waals surface area contributed by atoms with E-state index in [1.54, 1.807) is 4.68 Å². The van der Waals surface area contributed by atoms with Gasteiger partial charge in [-0.15, -0.1) is 0 Å². The second kappa shape index (κ2) is 5.88. The van der Waals surface area contributed by atoms with Gasteiger partial charge in [0.15, 0.2) is 0 Å². The zero-order valence-electron chi connectivity index (χ0n) is 13.1. The van der Waals surface area contributed by atoms with Crippen LogP contribution < -0.4 is 0 Å². The first kappa shape index (κ1) is 15.3. The number of carbonyl (C=O) groups is 1. The molecule has 0 fully saturated rings. The van der Waals surface area contributed by atoms with Gasteiger partial charge >= 0.3 is 0 Å². The highest BCUT2D eigenvalue weighted by atomic mass is 79.9. The van der Waals surface area contributed by atoms with Crippen molar-refractivity contribution in [3.05, 3.63) is 51.3 Å². The highest BCUT2D eigenvalue weighted by Gasteiger charge is 2.28. The maximum absolute atomic E-state index is 12.6. The van der Waals surface area contributed by atoms with E-state index in [9.17, 15) is 4.79 Å². The lowest BCUT2D eigenvalue weighted by molar-refractivity contribution is -0.133. The van der Waals surface area contributed by atoms with Gasteiger partial charge in [0.1, 0.15) is 6.54 Å². The molecule has 0 saturated carbocycles. The zero-order chi connectivity index (χ0) is 15.9. The predicted octanol–water partition coefficient (Wildman–Crippen LogP) is 3.41. The van der Waals surface area contributed by atoms with E-state index in [0.717, 1.165) is 28.7 Å². The topological polar surface area (TPSA) is 38.1 Å². The molecule has 1 atom stereocenters. The van der Waals surface area contributed by atoms with Crippen molar-refractivity contribution in [2.24, 2.45) is 0 Å². The van der Waals surface area contributed by atoms with E-state index < -0.39 is 0 Å². The van der Waals surface area contributed by atoms with E-state index in [4.69, 9.17) is 0 Å². The monoisotopic (exact) mass is 361 g/mol. The molecule has 1 aromatic heterocycles. The Morgan fingerprint density at radius 3 is 2.82 bits per heavy atom. The van der Waals surface area contributed by atoms with Crippen LogP contribution in [0.3, 0.4) is 0 Å². The van der Waals surface area contributed by atoms with Crippen LogP contribution in [0.25, 0.3) is 0 Å². The molecule has 0 spiro atoms. The molecular weight excluding hydrogens is 342 g/mol. The lowest BCUT2D eigenvalue weighted by Crippen LogP contribution is -2.33. The van der Waals surface area contributed by atoms with Crippen LogP contribution in [-0.4, -0.2) is 27.6 Å². The van der Waals surface area contributed by atoms with Crippen LogP contribution in [0.15, 0.2) is 28.7 Å². The molecule has 4 nitrogen and oxygen atoms in total. The summed E-state index contributed by atoms with van der Waals surface area (Å²) < 4.78 is 2.76. The average Bonchev–Trinajstić information content (AvgIpc) is 3.04. The molecule has 116 valence electrons. The van der Waals surface area contributed by atoms with Gasteiger partial charge in [-0.25, -0.2) is 0 Å². The van der Waals surface area contributed by atoms with Crippen LogP contribution in [0.2, 0.25) is 0 Å². The van der Waals surface area contributed by atoms with Crippen molar-refractivity contribution in [1.82, 2.24) is 14.7 Å². The number of aromatic nitrogens is 2. The Hall–Kier alpha value is -1.62. The summed E-state index contributed by atoms with van der Waals surface area (Å²) in [5.74, 6) is 0.0970. The molecule has 2 aromatic rings. The summed E-state index contributed by atoms with van der Waals surface area (Å²) in [7, 11) is 1.90. The number of amides is 1. The highest BCUT2D eigenvalue weighted by Crippen LogP contribution is 2.35. The SMILES string of the molecule is Cc1nn(CC(=O)N(C)[C@H]2CCc3ccccc32)c(C)c1Br. The number of benzene rings is 1. The van der Waals surface area contributed by atoms with Gasteiger partial charge in [-0.05, 0) is 53.7 Å². The van der Waals surface area contributed by atoms with E-state index in [2.05, 4.69) is 39.2 Å². The minimum Gasteiger partial charge on any atom is -0.337 e. The summed E-state index contributed by atoms with van der Waals surface area (Å²) in [6, 6.07) is 8.59. The van der Waals surface area contributed by atoms with Crippen molar-refractivity contribution in [3.63, 3.8) is 0 Å². The van der Waals surface area contributed by atoms with Crippen LogP contribution in [0, 0.1) is 13.8 Å². The molecule has 1 heterocycles. The van der Waals surface area contributed by atoms with Gasteiger partial charge in [0.05, 0.1) is 21.9 Å². The largest absolute Gasteiger partial charge is 0.337 e. The number of hydrogen-bond donors (Lipinski definition) is 0. The van der Waals surface area contributed by atoms with Gasteiger partial charge < -0.3 is 4.90 Å². The summed E-state index contributed by atoms with van der Waals surface area (Å²) in [6.45, 7) is 4.20. The highest BCUT2D eigenvalue weighted by molar-refractivity contribution is 9.10. The van der Waals surface area contributed by atoms with Gasteiger partial charge in [0, 0.05) is 7.05 Å². The summed E-state index contributed by atoms with van der Waals surface area (Å²) in [5, 5.41) is 4.43. The maximum Gasteiger partial charge on any atom is 0.244 e. The summed E-state index contributed by atoms with van der Waals surface area (Å²) >= 11 is 3.51. The molecule has 1 aliphatic carbocycles. The molecule has 5 heteroatoms. The van der Waals surface area contributed by atoms with Crippen LogP contribution in [-0.2, 0) is 17.8 Å². The summed E-state index contributed by atoms with van der Waals surface area (Å²) in [5.41, 5.74) is 4.55. The Morgan fingerprint density at radius 2 is 2.14 bits per heavy atom. The number of hydrogen-bond acceptors (Lipinski definition) is 2. The molecule has 3 rings (SSSR count). The van der Waals surface area contributed by atoms with Crippen molar-refractivity contribution in [2.75, 3.05) is 7.05 Å². The van der Waals surface area contributed by atoms with Crippen molar-refractivity contribution in [3.8, 4) is 0 Å². The van der Waals surface area contributed by atoms with E-state index in [-0.39, 0.29) is 18.5 Å². The van der Waals surface area contributed by atoms with E-state index >= 15 is 0 Å². The van der Waals surface area contributed by atoms with Crippen molar-refractivity contribution in [1.29, 1.82) is 0 Å². The minimum atomic E-state index is 0.0970. The minimum absolute atomic E-state index is 0.0970. The predicted molar refractivity (Wildman–Crippen MR) is 89.7 cm³/mol. The summed E-state index contributed by atoms with van der Waals surface area (Å²) in [6.07, 6.45) is 2.05. The lowest BCUT2D eigenvalue weighted by atomic mass is 10.1. The molecule has 0 unspecified atom stereocenters. The molecular formula is C17H20BrN3O. The number of halogens is 1. The smallest absolute Gasteiger partial charge is 0.244 e. The zero-order valence-corrected chi connectivity index (χ0v) is 14.7. The second-order valence-corrected chi connectivity index (χ2v) is 6.69. The fourth-order valence-electron chi connectivity index (χ4n) is 3.18. The first-order chi connectivity index (χ1) is 10.5. The molecule has 0 saturated heterocycles. The van der Waals surface area contributed by atoms with Gasteiger partial charge in [-0.1, -0.05) is 24.3 Å². The average molecular weight is 362 g/mol. The number of nitrogens with zero attached hydrogens (tertiary/aromatic N) is 3. The number of aryl methyl sites for hydroxylation is 2. The lowest BCUT2D eigenvalue weighted by Gasteiger charge is -2.25. The molecule has 1 aliphatic rings. The second-order valence-electron chi connectivity index (χ2n) is 5.90. The quantitative estimate of drug-likeness (QED) is 0.839. The number of likely N-dealkylation sites (N-methyl/N-ethyl adjacent to an activating group) is 1. The molecule has 0 aliphatic heterocycles. The Kier molecular flexibility index (Phi) is 4.08. The van der Waals surface area contributed by atoms with Crippen LogP contribution >= 0.6 is 15.9 Å². The number of fused-ring (bicyclic) bond motifs is 1. The molecule has 0 N–H and O–H groups in total. The standard InChI is InChI=1S/C17H20BrN3O/c1-11-17(18)12(2)21(19-11)10-16(22)20(3)15-9-8-13-6-4-5-7-14(13)15/h4-7,15H,8-10H2,1-3H3/t15-/m0/s1. The van der Waals surface area contributed by atoms with E-state index in [0.29, 0.717) is 0 Å².